The van der Waals surface area contributed by atoms with Crippen LogP contribution in [0.2, 0.25) is 0 Å². The van der Waals surface area contributed by atoms with Gasteiger partial charge in [-0.1, -0.05) is 19.8 Å². The second kappa shape index (κ2) is 4.38. The SMILES string of the molecule is CCC1(c2nc3ccc(C#N)cc3n2C)CCCC1. The van der Waals surface area contributed by atoms with Gasteiger partial charge in [-0.3, -0.25) is 0 Å². The third kappa shape index (κ3) is 1.74. The van der Waals surface area contributed by atoms with E-state index in [0.717, 1.165) is 17.5 Å². The van der Waals surface area contributed by atoms with Crippen LogP contribution in [0.3, 0.4) is 0 Å². The van der Waals surface area contributed by atoms with E-state index in [1.807, 2.05) is 18.2 Å². The quantitative estimate of drug-likeness (QED) is 0.819. The first kappa shape index (κ1) is 12.2. The van der Waals surface area contributed by atoms with Crippen LogP contribution in [0.1, 0.15) is 50.4 Å². The highest BCUT2D eigenvalue weighted by molar-refractivity contribution is 5.78. The van der Waals surface area contributed by atoms with Gasteiger partial charge in [0.2, 0.25) is 0 Å². The Bertz CT molecular complexity index is 654. The number of nitrogens with zero attached hydrogens (tertiary/aromatic N) is 3. The average Bonchev–Trinajstić information content (AvgIpc) is 3.04. The van der Waals surface area contributed by atoms with Crippen LogP contribution in [-0.4, -0.2) is 9.55 Å². The minimum absolute atomic E-state index is 0.251. The summed E-state index contributed by atoms with van der Waals surface area (Å²) in [5.74, 6) is 1.21. The molecule has 0 amide bonds. The highest BCUT2D eigenvalue weighted by atomic mass is 15.1. The van der Waals surface area contributed by atoms with Crippen LogP contribution < -0.4 is 0 Å². The fourth-order valence-electron chi connectivity index (χ4n) is 3.52. The summed E-state index contributed by atoms with van der Waals surface area (Å²) in [6, 6.07) is 7.98. The molecule has 1 aliphatic carbocycles. The fraction of sp³-hybridized carbons (Fsp3) is 0.500. The molecular formula is C16H19N3. The fourth-order valence-corrected chi connectivity index (χ4v) is 3.52. The molecular weight excluding hydrogens is 234 g/mol. The lowest BCUT2D eigenvalue weighted by atomic mass is 9.82. The van der Waals surface area contributed by atoms with Gasteiger partial charge in [0.05, 0.1) is 22.7 Å². The van der Waals surface area contributed by atoms with Crippen molar-refractivity contribution in [1.82, 2.24) is 9.55 Å². The maximum absolute atomic E-state index is 9.02. The summed E-state index contributed by atoms with van der Waals surface area (Å²) >= 11 is 0. The maximum Gasteiger partial charge on any atom is 0.115 e. The Balaban J connectivity index is 2.20. The number of hydrogen-bond donors (Lipinski definition) is 0. The van der Waals surface area contributed by atoms with Crippen LogP contribution in [-0.2, 0) is 12.5 Å². The molecule has 0 aliphatic heterocycles. The average molecular weight is 253 g/mol. The summed E-state index contributed by atoms with van der Waals surface area (Å²) in [5.41, 5.74) is 3.05. The second-order valence-electron chi connectivity index (χ2n) is 5.65. The molecule has 0 atom stereocenters. The molecule has 1 heterocycles. The van der Waals surface area contributed by atoms with E-state index in [0.29, 0.717) is 5.56 Å². The van der Waals surface area contributed by atoms with Crippen molar-refractivity contribution in [2.45, 2.75) is 44.4 Å². The Morgan fingerprint density at radius 3 is 2.74 bits per heavy atom. The number of aromatic nitrogens is 2. The highest BCUT2D eigenvalue weighted by Crippen LogP contribution is 2.43. The van der Waals surface area contributed by atoms with Gasteiger partial charge >= 0.3 is 0 Å². The zero-order chi connectivity index (χ0) is 13.5. The molecule has 2 aromatic rings. The van der Waals surface area contributed by atoms with E-state index in [-0.39, 0.29) is 5.41 Å². The van der Waals surface area contributed by atoms with Crippen molar-refractivity contribution in [3.8, 4) is 6.07 Å². The summed E-state index contributed by atoms with van der Waals surface area (Å²) in [4.78, 5) is 4.87. The predicted octanol–water partition coefficient (Wildman–Crippen LogP) is 3.67. The van der Waals surface area contributed by atoms with Crippen LogP contribution in [0, 0.1) is 11.3 Å². The smallest absolute Gasteiger partial charge is 0.115 e. The normalized spacial score (nSPS) is 17.7. The van der Waals surface area contributed by atoms with Gasteiger partial charge in [-0.2, -0.15) is 5.26 Å². The van der Waals surface area contributed by atoms with Crippen LogP contribution in [0.15, 0.2) is 18.2 Å². The van der Waals surface area contributed by atoms with Crippen molar-refractivity contribution in [2.24, 2.45) is 7.05 Å². The highest BCUT2D eigenvalue weighted by Gasteiger charge is 2.37. The van der Waals surface area contributed by atoms with Gasteiger partial charge in [-0.25, -0.2) is 4.98 Å². The summed E-state index contributed by atoms with van der Waals surface area (Å²) in [5, 5.41) is 9.02. The Morgan fingerprint density at radius 2 is 2.11 bits per heavy atom. The van der Waals surface area contributed by atoms with Gasteiger partial charge in [0, 0.05) is 12.5 Å². The molecule has 98 valence electrons. The van der Waals surface area contributed by atoms with Crippen molar-refractivity contribution in [1.29, 1.82) is 5.26 Å². The first-order valence-corrected chi connectivity index (χ1v) is 7.07. The van der Waals surface area contributed by atoms with Crippen molar-refractivity contribution < 1.29 is 0 Å². The van der Waals surface area contributed by atoms with Crippen LogP contribution >= 0.6 is 0 Å². The first-order chi connectivity index (χ1) is 9.20. The molecule has 0 saturated heterocycles. The Labute approximate surface area is 113 Å². The first-order valence-electron chi connectivity index (χ1n) is 7.07. The lowest BCUT2D eigenvalue weighted by Crippen LogP contribution is -2.25. The summed E-state index contributed by atoms with van der Waals surface area (Å²) in [6.07, 6.45) is 6.24. The molecule has 3 nitrogen and oxygen atoms in total. The van der Waals surface area contributed by atoms with Crippen molar-refractivity contribution in [2.75, 3.05) is 0 Å². The molecule has 0 bridgehead atoms. The monoisotopic (exact) mass is 253 g/mol. The Kier molecular flexibility index (Phi) is 2.82. The Morgan fingerprint density at radius 1 is 1.37 bits per heavy atom. The number of imidazole rings is 1. The summed E-state index contributed by atoms with van der Waals surface area (Å²) < 4.78 is 2.20. The van der Waals surface area contributed by atoms with Gasteiger partial charge < -0.3 is 4.57 Å². The van der Waals surface area contributed by atoms with Gasteiger partial charge in [-0.15, -0.1) is 0 Å². The third-order valence-electron chi connectivity index (χ3n) is 4.72. The van der Waals surface area contributed by atoms with E-state index < -0.39 is 0 Å². The number of hydrogen-bond acceptors (Lipinski definition) is 2. The second-order valence-corrected chi connectivity index (χ2v) is 5.65. The molecule has 0 radical (unpaired) electrons. The van der Waals surface area contributed by atoms with Crippen molar-refractivity contribution in [3.63, 3.8) is 0 Å². The molecule has 1 aromatic carbocycles. The molecule has 1 aromatic heterocycles. The number of fused-ring (bicyclic) bond motifs is 1. The van der Waals surface area contributed by atoms with E-state index in [1.54, 1.807) is 0 Å². The van der Waals surface area contributed by atoms with Gasteiger partial charge in [-0.05, 0) is 37.5 Å². The summed E-state index contributed by atoms with van der Waals surface area (Å²) in [6.45, 7) is 2.27. The van der Waals surface area contributed by atoms with Crippen molar-refractivity contribution >= 4 is 11.0 Å². The number of aryl methyl sites for hydroxylation is 1. The largest absolute Gasteiger partial charge is 0.331 e. The Hall–Kier alpha value is -1.82. The predicted molar refractivity (Wildman–Crippen MR) is 75.9 cm³/mol. The molecule has 1 fully saturated rings. The third-order valence-corrected chi connectivity index (χ3v) is 4.72. The molecule has 3 heteroatoms. The lowest BCUT2D eigenvalue weighted by Gasteiger charge is -2.26. The molecule has 3 rings (SSSR count). The molecule has 1 aliphatic rings. The standard InChI is InChI=1S/C16H19N3/c1-3-16(8-4-5-9-16)15-18-13-7-6-12(11-17)10-14(13)19(15)2/h6-7,10H,3-5,8-9H2,1-2H3. The molecule has 0 spiro atoms. The van der Waals surface area contributed by atoms with E-state index in [2.05, 4.69) is 24.6 Å². The van der Waals surface area contributed by atoms with Crippen LogP contribution in [0.5, 0.6) is 0 Å². The summed E-state index contributed by atoms with van der Waals surface area (Å²) in [7, 11) is 2.08. The zero-order valence-corrected chi connectivity index (χ0v) is 11.6. The minimum atomic E-state index is 0.251. The van der Waals surface area contributed by atoms with Gasteiger partial charge in [0.25, 0.3) is 0 Å². The lowest BCUT2D eigenvalue weighted by molar-refractivity contribution is 0.389. The van der Waals surface area contributed by atoms with E-state index in [1.165, 1.54) is 31.5 Å². The van der Waals surface area contributed by atoms with Gasteiger partial charge in [0.1, 0.15) is 5.82 Å². The van der Waals surface area contributed by atoms with Crippen LogP contribution in [0.4, 0.5) is 0 Å². The minimum Gasteiger partial charge on any atom is -0.331 e. The topological polar surface area (TPSA) is 41.6 Å². The van der Waals surface area contributed by atoms with E-state index >= 15 is 0 Å². The number of rotatable bonds is 2. The molecule has 0 unspecified atom stereocenters. The molecule has 19 heavy (non-hydrogen) atoms. The zero-order valence-electron chi connectivity index (χ0n) is 11.6. The van der Waals surface area contributed by atoms with Crippen molar-refractivity contribution in [3.05, 3.63) is 29.6 Å². The van der Waals surface area contributed by atoms with Crippen LogP contribution in [0.25, 0.3) is 11.0 Å². The molecule has 1 saturated carbocycles. The maximum atomic E-state index is 9.02. The van der Waals surface area contributed by atoms with E-state index in [9.17, 15) is 0 Å². The number of nitriles is 1. The number of benzene rings is 1. The molecule has 0 N–H and O–H groups in total. The van der Waals surface area contributed by atoms with Gasteiger partial charge in [0.15, 0.2) is 0 Å². The van der Waals surface area contributed by atoms with E-state index in [4.69, 9.17) is 10.2 Å².